The normalized spacial score (nSPS) is 38.5. The van der Waals surface area contributed by atoms with E-state index in [9.17, 15) is 15.3 Å². The topological polar surface area (TPSA) is 95.9 Å². The molecule has 0 aromatic heterocycles. The lowest BCUT2D eigenvalue weighted by Gasteiger charge is -2.44. The van der Waals surface area contributed by atoms with Crippen molar-refractivity contribution in [3.8, 4) is 0 Å². The molecule has 0 bridgehead atoms. The van der Waals surface area contributed by atoms with Gasteiger partial charge in [0.15, 0.2) is 0 Å². The quantitative estimate of drug-likeness (QED) is 0.598. The third-order valence-corrected chi connectivity index (χ3v) is 4.55. The Labute approximate surface area is 119 Å². The first-order valence-corrected chi connectivity index (χ1v) is 7.55. The molecule has 19 heavy (non-hydrogen) atoms. The average molecular weight is 293 g/mol. The molecule has 0 aromatic rings. The van der Waals surface area contributed by atoms with Crippen molar-refractivity contribution < 1.29 is 20.1 Å². The smallest absolute Gasteiger partial charge is 0.132 e. The van der Waals surface area contributed by atoms with Gasteiger partial charge in [0.25, 0.3) is 0 Å². The fraction of sp³-hybridized carbons (Fsp3) is 1.00. The van der Waals surface area contributed by atoms with Gasteiger partial charge >= 0.3 is 0 Å². The lowest BCUT2D eigenvalue weighted by Crippen LogP contribution is -2.62. The first kappa shape index (κ1) is 17.2. The molecular formula is C13H27NO4S. The van der Waals surface area contributed by atoms with E-state index in [4.69, 9.17) is 10.5 Å². The van der Waals surface area contributed by atoms with Gasteiger partial charge < -0.3 is 25.8 Å². The van der Waals surface area contributed by atoms with Crippen LogP contribution in [0, 0.1) is 5.92 Å². The molecule has 1 rings (SSSR count). The molecule has 5 nitrogen and oxygen atoms in total. The van der Waals surface area contributed by atoms with Crippen LogP contribution in [-0.4, -0.2) is 56.0 Å². The molecule has 5 N–H and O–H groups in total. The monoisotopic (exact) mass is 293 g/mol. The molecule has 0 saturated carbocycles. The lowest BCUT2D eigenvalue weighted by molar-refractivity contribution is -0.205. The lowest BCUT2D eigenvalue weighted by atomic mass is 9.90. The summed E-state index contributed by atoms with van der Waals surface area (Å²) in [5.41, 5.74) is 5.44. The summed E-state index contributed by atoms with van der Waals surface area (Å²) in [6.45, 7) is 9.88. The van der Waals surface area contributed by atoms with Crippen molar-refractivity contribution in [2.24, 2.45) is 11.7 Å². The average Bonchev–Trinajstić information content (AvgIpc) is 2.27. The maximum Gasteiger partial charge on any atom is 0.132 e. The standard InChI is InChI=1S/C13H27NO4S/c1-6(2)7(14)11-9(16)8(15)10(17)12(18-11)19-13(3,4)5/h6-12,15-17H,14H2,1-5H3. The van der Waals surface area contributed by atoms with Gasteiger partial charge in [-0.25, -0.2) is 0 Å². The minimum atomic E-state index is -1.23. The summed E-state index contributed by atoms with van der Waals surface area (Å²) < 4.78 is 5.63. The van der Waals surface area contributed by atoms with E-state index < -0.39 is 29.9 Å². The zero-order valence-electron chi connectivity index (χ0n) is 12.3. The van der Waals surface area contributed by atoms with Crippen molar-refractivity contribution in [1.82, 2.24) is 0 Å². The number of nitrogens with two attached hydrogens (primary N) is 1. The largest absolute Gasteiger partial charge is 0.388 e. The van der Waals surface area contributed by atoms with Crippen molar-refractivity contribution >= 4 is 11.8 Å². The van der Waals surface area contributed by atoms with Gasteiger partial charge in [-0.1, -0.05) is 34.6 Å². The minimum Gasteiger partial charge on any atom is -0.388 e. The molecular weight excluding hydrogens is 266 g/mol. The van der Waals surface area contributed by atoms with E-state index in [-0.39, 0.29) is 16.7 Å². The summed E-state index contributed by atoms with van der Waals surface area (Å²) in [6, 6.07) is -0.389. The van der Waals surface area contributed by atoms with Crippen LogP contribution in [0.2, 0.25) is 0 Å². The van der Waals surface area contributed by atoms with Crippen LogP contribution < -0.4 is 5.73 Å². The minimum absolute atomic E-state index is 0.113. The Morgan fingerprint density at radius 1 is 1.05 bits per heavy atom. The Morgan fingerprint density at radius 3 is 2.00 bits per heavy atom. The van der Waals surface area contributed by atoms with Crippen LogP contribution in [0.3, 0.4) is 0 Å². The highest BCUT2D eigenvalue weighted by atomic mass is 32.2. The molecule has 0 spiro atoms. The predicted molar refractivity (Wildman–Crippen MR) is 76.8 cm³/mol. The van der Waals surface area contributed by atoms with Crippen molar-refractivity contribution in [1.29, 1.82) is 0 Å². The van der Waals surface area contributed by atoms with Crippen LogP contribution in [0.4, 0.5) is 0 Å². The molecule has 1 fully saturated rings. The fourth-order valence-electron chi connectivity index (χ4n) is 2.02. The zero-order chi connectivity index (χ0) is 15.0. The number of hydrogen-bond donors (Lipinski definition) is 4. The number of thioether (sulfide) groups is 1. The molecule has 0 amide bonds. The first-order chi connectivity index (χ1) is 8.54. The summed E-state index contributed by atoms with van der Waals surface area (Å²) in [7, 11) is 0. The van der Waals surface area contributed by atoms with E-state index in [2.05, 4.69) is 0 Å². The summed E-state index contributed by atoms with van der Waals surface area (Å²) in [5.74, 6) is 0.113. The first-order valence-electron chi connectivity index (χ1n) is 6.67. The SMILES string of the molecule is CC(C)C(N)C1OC(SC(C)(C)C)C(O)C(O)C1O. The maximum absolute atomic E-state index is 10.0. The molecule has 6 unspecified atom stereocenters. The van der Waals surface area contributed by atoms with Crippen LogP contribution in [0.25, 0.3) is 0 Å². The van der Waals surface area contributed by atoms with Gasteiger partial charge in [-0.2, -0.15) is 0 Å². The second-order valence-electron chi connectivity index (χ2n) is 6.49. The van der Waals surface area contributed by atoms with Crippen molar-refractivity contribution in [2.45, 2.75) is 75.3 Å². The van der Waals surface area contributed by atoms with Gasteiger partial charge in [-0.15, -0.1) is 11.8 Å². The Morgan fingerprint density at radius 2 is 1.58 bits per heavy atom. The summed E-state index contributed by atoms with van der Waals surface area (Å²) in [4.78, 5) is 0. The van der Waals surface area contributed by atoms with Crippen molar-refractivity contribution in [3.05, 3.63) is 0 Å². The molecule has 1 saturated heterocycles. The predicted octanol–water partition coefficient (Wildman–Crippen LogP) is 0.309. The van der Waals surface area contributed by atoms with Crippen LogP contribution in [0.5, 0.6) is 0 Å². The number of aliphatic hydroxyl groups excluding tert-OH is 3. The van der Waals surface area contributed by atoms with Gasteiger partial charge in [-0.3, -0.25) is 0 Å². The number of ether oxygens (including phenoxy) is 1. The number of hydrogen-bond acceptors (Lipinski definition) is 6. The Bertz CT molecular complexity index is 295. The fourth-order valence-corrected chi connectivity index (χ4v) is 3.20. The molecule has 0 aromatic carbocycles. The third-order valence-electron chi connectivity index (χ3n) is 3.23. The Hall–Kier alpha value is 0.150. The van der Waals surface area contributed by atoms with Gasteiger partial charge in [0.1, 0.15) is 29.9 Å². The molecule has 6 heteroatoms. The van der Waals surface area contributed by atoms with E-state index in [1.165, 1.54) is 11.8 Å². The zero-order valence-corrected chi connectivity index (χ0v) is 13.1. The van der Waals surface area contributed by atoms with E-state index >= 15 is 0 Å². The summed E-state index contributed by atoms with van der Waals surface area (Å²) in [5, 5.41) is 30.0. The summed E-state index contributed by atoms with van der Waals surface area (Å²) >= 11 is 1.43. The highest BCUT2D eigenvalue weighted by Gasteiger charge is 2.47. The maximum atomic E-state index is 10.0. The van der Waals surface area contributed by atoms with Crippen molar-refractivity contribution in [3.63, 3.8) is 0 Å². The van der Waals surface area contributed by atoms with E-state index in [0.717, 1.165) is 0 Å². The molecule has 0 radical (unpaired) electrons. The van der Waals surface area contributed by atoms with Crippen molar-refractivity contribution in [2.75, 3.05) is 0 Å². The Balaban J connectivity index is 2.85. The van der Waals surface area contributed by atoms with Gasteiger partial charge in [-0.05, 0) is 5.92 Å². The van der Waals surface area contributed by atoms with Gasteiger partial charge in [0, 0.05) is 10.8 Å². The molecule has 1 aliphatic rings. The van der Waals surface area contributed by atoms with Gasteiger partial charge in [0.2, 0.25) is 0 Å². The second kappa shape index (κ2) is 6.28. The van der Waals surface area contributed by atoms with Crippen LogP contribution in [0.1, 0.15) is 34.6 Å². The molecule has 0 aliphatic carbocycles. The van der Waals surface area contributed by atoms with Gasteiger partial charge in [0.05, 0.1) is 0 Å². The van der Waals surface area contributed by atoms with E-state index in [1.54, 1.807) is 0 Å². The highest BCUT2D eigenvalue weighted by molar-refractivity contribution is 8.01. The number of aliphatic hydroxyl groups is 3. The van der Waals surface area contributed by atoms with Crippen LogP contribution >= 0.6 is 11.8 Å². The Kier molecular flexibility index (Phi) is 5.69. The van der Waals surface area contributed by atoms with E-state index in [1.807, 2.05) is 34.6 Å². The van der Waals surface area contributed by atoms with Crippen LogP contribution in [-0.2, 0) is 4.74 Å². The third kappa shape index (κ3) is 4.31. The summed E-state index contributed by atoms with van der Waals surface area (Å²) in [6.07, 6.45) is -4.18. The molecule has 1 aliphatic heterocycles. The number of rotatable bonds is 3. The van der Waals surface area contributed by atoms with Crippen LogP contribution in [0.15, 0.2) is 0 Å². The second-order valence-corrected chi connectivity index (χ2v) is 8.42. The molecule has 6 atom stereocenters. The van der Waals surface area contributed by atoms with E-state index in [0.29, 0.717) is 0 Å². The molecule has 114 valence electrons. The highest BCUT2D eigenvalue weighted by Crippen LogP contribution is 2.37. The molecule has 1 heterocycles.